The van der Waals surface area contributed by atoms with Gasteiger partial charge in [-0.25, -0.2) is 9.78 Å². The fourth-order valence-electron chi connectivity index (χ4n) is 1.86. The van der Waals surface area contributed by atoms with Crippen molar-refractivity contribution in [2.45, 2.75) is 19.9 Å². The number of carboxylic acids is 1. The van der Waals surface area contributed by atoms with Gasteiger partial charge in [0.15, 0.2) is 5.69 Å². The van der Waals surface area contributed by atoms with Crippen LogP contribution < -0.4 is 5.32 Å². The highest BCUT2D eigenvalue weighted by molar-refractivity contribution is 5.91. The molecule has 0 radical (unpaired) electrons. The summed E-state index contributed by atoms with van der Waals surface area (Å²) < 4.78 is 0. The monoisotopic (exact) mass is 256 g/mol. The largest absolute Gasteiger partial charge is 0.476 e. The molecule has 1 aromatic heterocycles. The summed E-state index contributed by atoms with van der Waals surface area (Å²) in [5.41, 5.74) is 2.87. The van der Waals surface area contributed by atoms with Crippen molar-refractivity contribution < 1.29 is 9.90 Å². The quantitative estimate of drug-likeness (QED) is 0.881. The highest BCUT2D eigenvalue weighted by Crippen LogP contribution is 2.21. The van der Waals surface area contributed by atoms with Crippen LogP contribution in [0.1, 0.15) is 34.6 Å². The Labute approximate surface area is 112 Å². The van der Waals surface area contributed by atoms with Gasteiger partial charge in [-0.05, 0) is 31.5 Å². The fraction of sp³-hybridized carbons (Fsp3) is 0.200. The average molecular weight is 256 g/mol. The molecule has 0 saturated carbocycles. The minimum absolute atomic E-state index is 0.0166. The molecule has 0 aliphatic rings. The van der Waals surface area contributed by atoms with Gasteiger partial charge in [-0.2, -0.15) is 0 Å². The minimum atomic E-state index is -1.03. The summed E-state index contributed by atoms with van der Waals surface area (Å²) in [5.74, 6) is -1.03. The van der Waals surface area contributed by atoms with Crippen LogP contribution in [-0.2, 0) is 0 Å². The molecule has 1 aromatic carbocycles. The molecule has 0 fully saturated rings. The van der Waals surface area contributed by atoms with Crippen LogP contribution in [0.2, 0.25) is 0 Å². The maximum Gasteiger partial charge on any atom is 0.356 e. The highest BCUT2D eigenvalue weighted by Gasteiger charge is 2.13. The molecule has 0 amide bonds. The molecule has 0 aliphatic heterocycles. The summed E-state index contributed by atoms with van der Waals surface area (Å²) in [7, 11) is 0. The van der Waals surface area contributed by atoms with Gasteiger partial charge in [0.25, 0.3) is 0 Å². The third-order valence-electron chi connectivity index (χ3n) is 2.96. The number of anilines is 1. The van der Waals surface area contributed by atoms with Crippen molar-refractivity contribution in [1.29, 1.82) is 0 Å². The predicted octanol–water partition coefficient (Wildman–Crippen LogP) is 3.26. The fourth-order valence-corrected chi connectivity index (χ4v) is 1.86. The third kappa shape index (κ3) is 3.10. The van der Waals surface area contributed by atoms with E-state index < -0.39 is 5.97 Å². The Morgan fingerprint density at radius 2 is 1.95 bits per heavy atom. The molecule has 0 aliphatic carbocycles. The number of aromatic nitrogens is 1. The number of nitrogens with one attached hydrogen (secondary N) is 1. The van der Waals surface area contributed by atoms with Crippen molar-refractivity contribution in [2.24, 2.45) is 0 Å². The Balaban J connectivity index is 2.21. The molecule has 2 aromatic rings. The van der Waals surface area contributed by atoms with Gasteiger partial charge in [0.05, 0.1) is 5.69 Å². The Bertz CT molecular complexity index is 579. The number of aryl methyl sites for hydroxylation is 1. The third-order valence-corrected chi connectivity index (χ3v) is 2.96. The zero-order valence-electron chi connectivity index (χ0n) is 10.9. The summed E-state index contributed by atoms with van der Waals surface area (Å²) in [6, 6.07) is 11.6. The van der Waals surface area contributed by atoms with Gasteiger partial charge < -0.3 is 10.4 Å². The lowest BCUT2D eigenvalue weighted by molar-refractivity contribution is 0.0691. The van der Waals surface area contributed by atoms with Crippen LogP contribution in [0.15, 0.2) is 42.6 Å². The first-order chi connectivity index (χ1) is 9.08. The lowest BCUT2D eigenvalue weighted by Gasteiger charge is -2.17. The molecule has 4 nitrogen and oxygen atoms in total. The number of carboxylic acid groups (broad SMARTS) is 1. The lowest BCUT2D eigenvalue weighted by Crippen LogP contribution is -2.11. The number of hydrogen-bond acceptors (Lipinski definition) is 3. The van der Waals surface area contributed by atoms with E-state index in [-0.39, 0.29) is 11.7 Å². The number of rotatable bonds is 4. The first-order valence-electron chi connectivity index (χ1n) is 6.09. The Hall–Kier alpha value is -2.36. The second-order valence-electron chi connectivity index (χ2n) is 4.48. The molecule has 2 N–H and O–H groups in total. The van der Waals surface area contributed by atoms with Crippen molar-refractivity contribution >= 4 is 11.7 Å². The normalized spacial score (nSPS) is 11.9. The Morgan fingerprint density at radius 3 is 2.58 bits per heavy atom. The number of hydrogen-bond donors (Lipinski definition) is 2. The molecule has 2 rings (SSSR count). The van der Waals surface area contributed by atoms with E-state index in [2.05, 4.69) is 10.3 Å². The molecular weight excluding hydrogens is 240 g/mol. The number of aromatic carboxylic acids is 1. The second-order valence-corrected chi connectivity index (χ2v) is 4.48. The van der Waals surface area contributed by atoms with Gasteiger partial charge in [-0.1, -0.05) is 29.8 Å². The van der Waals surface area contributed by atoms with E-state index in [4.69, 9.17) is 5.11 Å². The molecular formula is C15H16N2O2. The van der Waals surface area contributed by atoms with Gasteiger partial charge in [0.2, 0.25) is 0 Å². The zero-order chi connectivity index (χ0) is 13.8. The maximum absolute atomic E-state index is 11.1. The van der Waals surface area contributed by atoms with Crippen LogP contribution in [0.25, 0.3) is 0 Å². The van der Waals surface area contributed by atoms with E-state index in [9.17, 15) is 4.79 Å². The maximum atomic E-state index is 11.1. The van der Waals surface area contributed by atoms with E-state index >= 15 is 0 Å². The van der Waals surface area contributed by atoms with Crippen LogP contribution in [0.4, 0.5) is 5.69 Å². The smallest absolute Gasteiger partial charge is 0.356 e. The van der Waals surface area contributed by atoms with Gasteiger partial charge in [0.1, 0.15) is 0 Å². The van der Waals surface area contributed by atoms with Gasteiger partial charge in [-0.3, -0.25) is 0 Å². The van der Waals surface area contributed by atoms with Crippen LogP contribution in [0.3, 0.4) is 0 Å². The van der Waals surface area contributed by atoms with Crippen LogP contribution >= 0.6 is 0 Å². The molecule has 4 heteroatoms. The van der Waals surface area contributed by atoms with E-state index in [0.717, 1.165) is 5.56 Å². The van der Waals surface area contributed by atoms with Crippen molar-refractivity contribution in [1.82, 2.24) is 4.98 Å². The standard InChI is InChI=1S/C15H16N2O2/c1-10-5-7-12(8-6-10)11(2)17-13-4-3-9-16-14(13)15(18)19/h3-9,11,17H,1-2H3,(H,18,19). The second kappa shape index (κ2) is 5.52. The highest BCUT2D eigenvalue weighted by atomic mass is 16.4. The molecule has 0 saturated heterocycles. The van der Waals surface area contributed by atoms with Crippen molar-refractivity contribution in [3.63, 3.8) is 0 Å². The topological polar surface area (TPSA) is 62.2 Å². The van der Waals surface area contributed by atoms with Gasteiger partial charge in [0, 0.05) is 12.2 Å². The molecule has 19 heavy (non-hydrogen) atoms. The van der Waals surface area contributed by atoms with E-state index in [1.165, 1.54) is 11.8 Å². The van der Waals surface area contributed by atoms with E-state index in [1.807, 2.05) is 38.1 Å². The average Bonchev–Trinajstić information content (AvgIpc) is 2.39. The Kier molecular flexibility index (Phi) is 3.80. The molecule has 1 heterocycles. The summed E-state index contributed by atoms with van der Waals surface area (Å²) in [6.45, 7) is 4.02. The van der Waals surface area contributed by atoms with Gasteiger partial charge >= 0.3 is 5.97 Å². The van der Waals surface area contributed by atoms with E-state index in [1.54, 1.807) is 12.1 Å². The Morgan fingerprint density at radius 1 is 1.26 bits per heavy atom. The predicted molar refractivity (Wildman–Crippen MR) is 74.4 cm³/mol. The number of pyridine rings is 1. The summed E-state index contributed by atoms with van der Waals surface area (Å²) in [4.78, 5) is 15.0. The van der Waals surface area contributed by atoms with Crippen LogP contribution in [0, 0.1) is 6.92 Å². The molecule has 1 atom stereocenters. The number of benzene rings is 1. The van der Waals surface area contributed by atoms with Crippen LogP contribution in [0.5, 0.6) is 0 Å². The van der Waals surface area contributed by atoms with Crippen LogP contribution in [-0.4, -0.2) is 16.1 Å². The van der Waals surface area contributed by atoms with Crippen molar-refractivity contribution in [3.05, 3.63) is 59.4 Å². The summed E-state index contributed by atoms with van der Waals surface area (Å²) >= 11 is 0. The zero-order valence-corrected chi connectivity index (χ0v) is 10.9. The lowest BCUT2D eigenvalue weighted by atomic mass is 10.1. The molecule has 0 spiro atoms. The molecule has 98 valence electrons. The van der Waals surface area contributed by atoms with Crippen molar-refractivity contribution in [3.8, 4) is 0 Å². The molecule has 1 unspecified atom stereocenters. The summed E-state index contributed by atoms with van der Waals surface area (Å²) in [5, 5.41) is 12.3. The van der Waals surface area contributed by atoms with Gasteiger partial charge in [-0.15, -0.1) is 0 Å². The number of nitrogens with zero attached hydrogens (tertiary/aromatic N) is 1. The first kappa shape index (κ1) is 13.1. The van der Waals surface area contributed by atoms with E-state index in [0.29, 0.717) is 5.69 Å². The number of carbonyl (C=O) groups is 1. The summed E-state index contributed by atoms with van der Waals surface area (Å²) in [6.07, 6.45) is 1.48. The molecule has 0 bridgehead atoms. The minimum Gasteiger partial charge on any atom is -0.476 e. The van der Waals surface area contributed by atoms with Crippen molar-refractivity contribution in [2.75, 3.05) is 5.32 Å². The SMILES string of the molecule is Cc1ccc(C(C)Nc2cccnc2C(=O)O)cc1. The first-order valence-corrected chi connectivity index (χ1v) is 6.09.